The third-order valence-electron chi connectivity index (χ3n) is 4.42. The summed E-state index contributed by atoms with van der Waals surface area (Å²) in [6.45, 7) is 3.17. The van der Waals surface area contributed by atoms with Crippen molar-refractivity contribution in [3.8, 4) is 0 Å². The first-order valence-electron chi connectivity index (χ1n) is 7.40. The quantitative estimate of drug-likeness (QED) is 0.879. The maximum atomic E-state index is 6.09. The van der Waals surface area contributed by atoms with Crippen molar-refractivity contribution in [3.63, 3.8) is 0 Å². The van der Waals surface area contributed by atoms with Crippen LogP contribution in [0.3, 0.4) is 0 Å². The van der Waals surface area contributed by atoms with Gasteiger partial charge in [0.05, 0.1) is 5.60 Å². The highest BCUT2D eigenvalue weighted by Gasteiger charge is 2.40. The van der Waals surface area contributed by atoms with Crippen LogP contribution >= 0.6 is 27.7 Å². The summed E-state index contributed by atoms with van der Waals surface area (Å²) >= 11 is 5.53. The Kier molecular flexibility index (Phi) is 4.75. The van der Waals surface area contributed by atoms with E-state index in [1.165, 1.54) is 29.9 Å². The summed E-state index contributed by atoms with van der Waals surface area (Å²) in [6.07, 6.45) is 3.52. The van der Waals surface area contributed by atoms with Gasteiger partial charge in [-0.1, -0.05) is 28.1 Å². The Bertz CT molecular complexity index is 444. The second kappa shape index (κ2) is 6.39. The van der Waals surface area contributed by atoms with Crippen LogP contribution in [0.15, 0.2) is 28.7 Å². The van der Waals surface area contributed by atoms with Crippen LogP contribution in [0.4, 0.5) is 0 Å². The number of nitrogens with one attached hydrogen (secondary N) is 1. The van der Waals surface area contributed by atoms with Gasteiger partial charge in [0.25, 0.3) is 0 Å². The minimum absolute atomic E-state index is 0.167. The largest absolute Gasteiger partial charge is 0.374 e. The van der Waals surface area contributed by atoms with Gasteiger partial charge < -0.3 is 10.1 Å². The molecule has 2 fully saturated rings. The number of ether oxygens (including phenoxy) is 1. The zero-order chi connectivity index (χ0) is 14.0. The highest BCUT2D eigenvalue weighted by Crippen LogP contribution is 2.38. The molecule has 1 spiro atoms. The van der Waals surface area contributed by atoms with Crippen molar-refractivity contribution in [2.45, 2.75) is 43.9 Å². The molecule has 4 heteroatoms. The Morgan fingerprint density at radius 1 is 1.40 bits per heavy atom. The molecule has 2 nitrogen and oxygen atoms in total. The molecule has 0 saturated carbocycles. The van der Waals surface area contributed by atoms with Crippen LogP contribution < -0.4 is 5.32 Å². The van der Waals surface area contributed by atoms with Gasteiger partial charge in [-0.2, -0.15) is 11.8 Å². The zero-order valence-electron chi connectivity index (χ0n) is 11.9. The van der Waals surface area contributed by atoms with Gasteiger partial charge in [-0.15, -0.1) is 0 Å². The molecule has 0 aromatic heterocycles. The minimum Gasteiger partial charge on any atom is -0.374 e. The first-order valence-corrected chi connectivity index (χ1v) is 9.35. The van der Waals surface area contributed by atoms with Crippen LogP contribution in [0.25, 0.3) is 0 Å². The van der Waals surface area contributed by atoms with E-state index in [-0.39, 0.29) is 5.60 Å². The topological polar surface area (TPSA) is 21.3 Å². The van der Waals surface area contributed by atoms with E-state index in [4.69, 9.17) is 4.74 Å². The predicted octanol–water partition coefficient (Wildman–Crippen LogP) is 4.15. The van der Waals surface area contributed by atoms with E-state index in [1.54, 1.807) is 0 Å². The Hall–Kier alpha value is -0.0300. The summed E-state index contributed by atoms with van der Waals surface area (Å²) in [5, 5.41) is 3.80. The molecular weight excluding hydrogens is 334 g/mol. The summed E-state index contributed by atoms with van der Waals surface area (Å²) in [5.74, 6) is 2.44. The molecule has 0 amide bonds. The number of thioether (sulfide) groups is 1. The van der Waals surface area contributed by atoms with Crippen molar-refractivity contribution in [2.24, 2.45) is 0 Å². The summed E-state index contributed by atoms with van der Waals surface area (Å²) in [7, 11) is 0. The van der Waals surface area contributed by atoms with E-state index >= 15 is 0 Å². The molecule has 2 saturated heterocycles. The highest BCUT2D eigenvalue weighted by atomic mass is 79.9. The molecule has 2 heterocycles. The monoisotopic (exact) mass is 355 g/mol. The van der Waals surface area contributed by atoms with Crippen LogP contribution in [-0.2, 0) is 4.74 Å². The zero-order valence-corrected chi connectivity index (χ0v) is 14.3. The van der Waals surface area contributed by atoms with E-state index in [0.717, 1.165) is 17.5 Å². The van der Waals surface area contributed by atoms with Gasteiger partial charge in [-0.3, -0.25) is 0 Å². The molecule has 2 aliphatic heterocycles. The van der Waals surface area contributed by atoms with Gasteiger partial charge in [0.15, 0.2) is 0 Å². The first kappa shape index (κ1) is 14.9. The Labute approximate surface area is 134 Å². The van der Waals surface area contributed by atoms with E-state index in [1.807, 2.05) is 11.8 Å². The van der Waals surface area contributed by atoms with Crippen molar-refractivity contribution in [2.75, 3.05) is 18.1 Å². The van der Waals surface area contributed by atoms with Crippen LogP contribution in [0.1, 0.15) is 37.8 Å². The molecule has 0 radical (unpaired) electrons. The SMILES string of the molecule is C[C@H](NC1CCOC2(CCSC2)C1)c1ccc(Br)cc1. The molecule has 2 aliphatic rings. The van der Waals surface area contributed by atoms with Crippen LogP contribution in [0.5, 0.6) is 0 Å². The smallest absolute Gasteiger partial charge is 0.0795 e. The van der Waals surface area contributed by atoms with Gasteiger partial charge in [0, 0.05) is 28.9 Å². The number of hydrogen-bond acceptors (Lipinski definition) is 3. The maximum Gasteiger partial charge on any atom is 0.0795 e. The fourth-order valence-corrected chi connectivity index (χ4v) is 4.88. The van der Waals surface area contributed by atoms with Crippen molar-refractivity contribution in [1.82, 2.24) is 5.32 Å². The average molecular weight is 356 g/mol. The Balaban J connectivity index is 1.60. The molecule has 2 unspecified atom stereocenters. The van der Waals surface area contributed by atoms with Gasteiger partial charge >= 0.3 is 0 Å². The second-order valence-corrected chi connectivity index (χ2v) is 7.98. The summed E-state index contributed by atoms with van der Waals surface area (Å²) < 4.78 is 7.23. The molecule has 3 atom stereocenters. The molecule has 1 aromatic carbocycles. The Morgan fingerprint density at radius 2 is 2.20 bits per heavy atom. The van der Waals surface area contributed by atoms with Gasteiger partial charge in [-0.25, -0.2) is 0 Å². The summed E-state index contributed by atoms with van der Waals surface area (Å²) in [6, 6.07) is 9.61. The second-order valence-electron chi connectivity index (χ2n) is 5.96. The fourth-order valence-electron chi connectivity index (χ4n) is 3.23. The number of hydrogen-bond donors (Lipinski definition) is 1. The lowest BCUT2D eigenvalue weighted by Gasteiger charge is -2.39. The molecular formula is C16H22BrNOS. The van der Waals surface area contributed by atoms with Gasteiger partial charge in [-0.05, 0) is 49.6 Å². The standard InChI is InChI=1S/C16H22BrNOS/c1-12(13-2-4-14(17)5-3-13)18-15-6-8-19-16(10-15)7-9-20-11-16/h2-5,12,15,18H,6-11H2,1H3/t12-,15?,16?/m0/s1. The van der Waals surface area contributed by atoms with Gasteiger partial charge in [0.2, 0.25) is 0 Å². The molecule has 0 bridgehead atoms. The fraction of sp³-hybridized carbons (Fsp3) is 0.625. The molecule has 1 N–H and O–H groups in total. The number of benzene rings is 1. The van der Waals surface area contributed by atoms with E-state index in [2.05, 4.69) is 52.4 Å². The normalized spacial score (nSPS) is 31.6. The third-order valence-corrected chi connectivity index (χ3v) is 6.17. The lowest BCUT2D eigenvalue weighted by molar-refractivity contribution is -0.0711. The van der Waals surface area contributed by atoms with E-state index < -0.39 is 0 Å². The lowest BCUT2D eigenvalue weighted by atomic mass is 9.89. The molecule has 3 rings (SSSR count). The predicted molar refractivity (Wildman–Crippen MR) is 89.3 cm³/mol. The first-order chi connectivity index (χ1) is 9.67. The van der Waals surface area contributed by atoms with Crippen molar-refractivity contribution in [1.29, 1.82) is 0 Å². The van der Waals surface area contributed by atoms with Crippen LogP contribution in [0.2, 0.25) is 0 Å². The lowest BCUT2D eigenvalue weighted by Crippen LogP contribution is -2.47. The Morgan fingerprint density at radius 3 is 2.90 bits per heavy atom. The molecule has 110 valence electrons. The van der Waals surface area contributed by atoms with E-state index in [9.17, 15) is 0 Å². The average Bonchev–Trinajstić information content (AvgIpc) is 2.87. The van der Waals surface area contributed by atoms with Crippen molar-refractivity contribution >= 4 is 27.7 Å². The summed E-state index contributed by atoms with van der Waals surface area (Å²) in [4.78, 5) is 0. The van der Waals surface area contributed by atoms with Gasteiger partial charge in [0.1, 0.15) is 0 Å². The van der Waals surface area contributed by atoms with Crippen molar-refractivity contribution in [3.05, 3.63) is 34.3 Å². The van der Waals surface area contributed by atoms with Crippen molar-refractivity contribution < 1.29 is 4.74 Å². The molecule has 0 aliphatic carbocycles. The van der Waals surface area contributed by atoms with E-state index in [0.29, 0.717) is 12.1 Å². The third kappa shape index (κ3) is 3.41. The number of halogens is 1. The van der Waals surface area contributed by atoms with Crippen LogP contribution in [-0.4, -0.2) is 29.8 Å². The summed E-state index contributed by atoms with van der Waals surface area (Å²) in [5.41, 5.74) is 1.52. The minimum atomic E-state index is 0.167. The maximum absolute atomic E-state index is 6.09. The number of rotatable bonds is 3. The molecule has 20 heavy (non-hydrogen) atoms. The van der Waals surface area contributed by atoms with Crippen LogP contribution in [0, 0.1) is 0 Å². The highest BCUT2D eigenvalue weighted by molar-refractivity contribution is 9.10. The molecule has 1 aromatic rings.